The molecule has 2 aliphatic rings. The van der Waals surface area contributed by atoms with Gasteiger partial charge in [0.25, 0.3) is 0 Å². The standard InChI is InChI=1S/C20H32S8/c1-3-5-7-9-11-13-23-17-18(24-14-12-10-8-6-4-2)28-20(27-17)19-25-15(21)16(22)26-19/h21-22H,3-14H2,1-2H3. The highest BCUT2D eigenvalue weighted by Crippen LogP contribution is 2.64. The monoisotopic (exact) mass is 528 g/mol. The van der Waals surface area contributed by atoms with E-state index in [1.165, 1.54) is 92.7 Å². The summed E-state index contributed by atoms with van der Waals surface area (Å²) in [6.45, 7) is 4.57. The summed E-state index contributed by atoms with van der Waals surface area (Å²) in [5.74, 6) is 2.51. The molecule has 0 radical (unpaired) electrons. The first-order valence-electron chi connectivity index (χ1n) is 10.2. The molecule has 28 heavy (non-hydrogen) atoms. The van der Waals surface area contributed by atoms with Crippen LogP contribution in [-0.4, -0.2) is 11.5 Å². The molecule has 0 nitrogen and oxygen atoms in total. The van der Waals surface area contributed by atoms with E-state index in [0.29, 0.717) is 0 Å². The van der Waals surface area contributed by atoms with Crippen molar-refractivity contribution in [3.8, 4) is 0 Å². The Morgan fingerprint density at radius 3 is 1.39 bits per heavy atom. The molecular weight excluding hydrogens is 497 g/mol. The highest BCUT2D eigenvalue weighted by Gasteiger charge is 2.28. The molecule has 0 atom stereocenters. The van der Waals surface area contributed by atoms with E-state index < -0.39 is 0 Å². The Balaban J connectivity index is 1.84. The van der Waals surface area contributed by atoms with Crippen molar-refractivity contribution >= 4 is 95.8 Å². The minimum Gasteiger partial charge on any atom is -0.135 e. The van der Waals surface area contributed by atoms with Gasteiger partial charge in [-0.15, -0.1) is 48.8 Å². The topological polar surface area (TPSA) is 0 Å². The zero-order valence-electron chi connectivity index (χ0n) is 16.8. The molecule has 0 bridgehead atoms. The smallest absolute Gasteiger partial charge is 0.0717 e. The first-order valence-corrected chi connectivity index (χ1v) is 16.4. The second kappa shape index (κ2) is 15.8. The fraction of sp³-hybridized carbons (Fsp3) is 0.700. The van der Waals surface area contributed by atoms with Crippen LogP contribution in [0.3, 0.4) is 0 Å². The molecule has 0 fully saturated rings. The third kappa shape index (κ3) is 9.66. The number of hydrogen-bond acceptors (Lipinski definition) is 8. The molecule has 0 N–H and O–H groups in total. The van der Waals surface area contributed by atoms with Gasteiger partial charge in [-0.1, -0.05) is 112 Å². The van der Waals surface area contributed by atoms with E-state index in [9.17, 15) is 0 Å². The van der Waals surface area contributed by atoms with Gasteiger partial charge in [0.2, 0.25) is 0 Å². The first kappa shape index (κ1) is 26.3. The average Bonchev–Trinajstić information content (AvgIpc) is 3.24. The van der Waals surface area contributed by atoms with E-state index in [0.717, 1.165) is 8.47 Å². The van der Waals surface area contributed by atoms with Crippen molar-refractivity contribution in [1.82, 2.24) is 0 Å². The van der Waals surface area contributed by atoms with Gasteiger partial charge in [0.15, 0.2) is 0 Å². The molecule has 2 aliphatic heterocycles. The highest BCUT2D eigenvalue weighted by molar-refractivity contribution is 8.43. The fourth-order valence-corrected chi connectivity index (χ4v) is 12.1. The fourth-order valence-electron chi connectivity index (χ4n) is 2.64. The average molecular weight is 529 g/mol. The van der Waals surface area contributed by atoms with Crippen molar-refractivity contribution in [3.05, 3.63) is 25.4 Å². The van der Waals surface area contributed by atoms with Crippen molar-refractivity contribution in [3.63, 3.8) is 0 Å². The Morgan fingerprint density at radius 1 is 0.571 bits per heavy atom. The van der Waals surface area contributed by atoms with Crippen LogP contribution in [-0.2, 0) is 0 Å². The second-order valence-electron chi connectivity index (χ2n) is 6.69. The van der Waals surface area contributed by atoms with Gasteiger partial charge in [-0.25, -0.2) is 0 Å². The Morgan fingerprint density at radius 2 is 0.964 bits per heavy atom. The van der Waals surface area contributed by atoms with Gasteiger partial charge < -0.3 is 0 Å². The number of rotatable bonds is 14. The molecule has 0 aromatic rings. The van der Waals surface area contributed by atoms with Crippen molar-refractivity contribution < 1.29 is 0 Å². The maximum Gasteiger partial charge on any atom is 0.0717 e. The van der Waals surface area contributed by atoms with Gasteiger partial charge in [0.05, 0.1) is 25.4 Å². The Hall–Kier alpha value is 2.02. The molecule has 0 saturated heterocycles. The first-order chi connectivity index (χ1) is 13.7. The quantitative estimate of drug-likeness (QED) is 0.169. The number of hydrogen-bond donors (Lipinski definition) is 2. The molecule has 8 heteroatoms. The molecule has 0 aromatic carbocycles. The summed E-state index contributed by atoms with van der Waals surface area (Å²) >= 11 is 20.8. The van der Waals surface area contributed by atoms with Crippen molar-refractivity contribution in [2.75, 3.05) is 11.5 Å². The second-order valence-corrected chi connectivity index (χ2v) is 15.5. The predicted octanol–water partition coefficient (Wildman–Crippen LogP) is 10.6. The lowest BCUT2D eigenvalue weighted by atomic mass is 10.2. The molecule has 0 saturated carbocycles. The molecule has 0 spiro atoms. The van der Waals surface area contributed by atoms with Gasteiger partial charge in [0, 0.05) is 0 Å². The maximum absolute atomic E-state index is 4.55. The number of unbranched alkanes of at least 4 members (excludes halogenated alkanes) is 8. The normalized spacial score (nSPS) is 17.6. The van der Waals surface area contributed by atoms with Crippen LogP contribution in [0.15, 0.2) is 25.4 Å². The summed E-state index contributed by atoms with van der Waals surface area (Å²) in [7, 11) is 0. The molecule has 0 aromatic heterocycles. The Bertz CT molecular complexity index is 533. The van der Waals surface area contributed by atoms with E-state index >= 15 is 0 Å². The van der Waals surface area contributed by atoms with E-state index in [2.05, 4.69) is 62.6 Å². The van der Waals surface area contributed by atoms with Crippen molar-refractivity contribution in [1.29, 1.82) is 0 Å². The number of thioether (sulfide) groups is 6. The summed E-state index contributed by atoms with van der Waals surface area (Å²) in [6, 6.07) is 0. The van der Waals surface area contributed by atoms with Crippen LogP contribution in [0.1, 0.15) is 78.1 Å². The lowest BCUT2D eigenvalue weighted by Gasteiger charge is -2.05. The van der Waals surface area contributed by atoms with Crippen LogP contribution in [0, 0.1) is 0 Å². The van der Waals surface area contributed by atoms with Gasteiger partial charge in [-0.05, 0) is 24.3 Å². The van der Waals surface area contributed by atoms with Gasteiger partial charge in [-0.2, -0.15) is 0 Å². The van der Waals surface area contributed by atoms with Gasteiger partial charge in [0.1, 0.15) is 0 Å². The van der Waals surface area contributed by atoms with E-state index in [-0.39, 0.29) is 0 Å². The van der Waals surface area contributed by atoms with E-state index in [1.807, 2.05) is 23.5 Å². The summed E-state index contributed by atoms with van der Waals surface area (Å²) in [5, 5.41) is 0. The Kier molecular flexibility index (Phi) is 14.8. The lowest BCUT2D eigenvalue weighted by molar-refractivity contribution is 0.659. The van der Waals surface area contributed by atoms with Crippen LogP contribution in [0.4, 0.5) is 0 Å². The SMILES string of the molecule is CCCCCCCSC1=C(SCCCCCCC)SC(=C2SC(S)=C(S)S2)S1. The van der Waals surface area contributed by atoms with Crippen molar-refractivity contribution in [2.24, 2.45) is 0 Å². The summed E-state index contributed by atoms with van der Waals surface area (Å²) in [4.78, 5) is 0. The minimum absolute atomic E-state index is 1.04. The zero-order valence-corrected chi connectivity index (χ0v) is 23.5. The molecule has 160 valence electrons. The molecule has 0 unspecified atom stereocenters. The highest BCUT2D eigenvalue weighted by atomic mass is 32.3. The van der Waals surface area contributed by atoms with Crippen LogP contribution in [0.2, 0.25) is 0 Å². The van der Waals surface area contributed by atoms with Gasteiger partial charge in [-0.3, -0.25) is 0 Å². The van der Waals surface area contributed by atoms with Crippen LogP contribution < -0.4 is 0 Å². The summed E-state index contributed by atoms with van der Waals surface area (Å²) in [6.07, 6.45) is 13.6. The summed E-state index contributed by atoms with van der Waals surface area (Å²) < 4.78 is 7.96. The van der Waals surface area contributed by atoms with Crippen LogP contribution >= 0.6 is 95.8 Å². The van der Waals surface area contributed by atoms with Gasteiger partial charge >= 0.3 is 0 Å². The third-order valence-corrected chi connectivity index (χ3v) is 14.1. The molecule has 2 rings (SSSR count). The largest absolute Gasteiger partial charge is 0.135 e. The summed E-state index contributed by atoms with van der Waals surface area (Å²) in [5.41, 5.74) is 0. The maximum atomic E-state index is 4.55. The van der Waals surface area contributed by atoms with Crippen LogP contribution in [0.25, 0.3) is 0 Å². The molecule has 0 aliphatic carbocycles. The molecule has 0 amide bonds. The molecular formula is C20H32S8. The minimum atomic E-state index is 1.04. The van der Waals surface area contributed by atoms with E-state index in [4.69, 9.17) is 0 Å². The Labute approximate surface area is 209 Å². The molecule has 2 heterocycles. The van der Waals surface area contributed by atoms with Crippen LogP contribution in [0.5, 0.6) is 0 Å². The number of thiol groups is 2. The lowest BCUT2D eigenvalue weighted by Crippen LogP contribution is -1.84. The van der Waals surface area contributed by atoms with E-state index in [1.54, 1.807) is 23.5 Å². The third-order valence-electron chi connectivity index (χ3n) is 4.23. The predicted molar refractivity (Wildman–Crippen MR) is 152 cm³/mol. The van der Waals surface area contributed by atoms with Crippen molar-refractivity contribution in [2.45, 2.75) is 78.1 Å². The zero-order chi connectivity index (χ0) is 20.2.